The quantitative estimate of drug-likeness (QED) is 0.0179. The summed E-state index contributed by atoms with van der Waals surface area (Å²) >= 11 is 5.79. The maximum absolute atomic E-state index is 13.8. The fraction of sp³-hybridized carbons (Fsp3) is 0.0263. The lowest BCUT2D eigenvalue weighted by Gasteiger charge is -2.12. The lowest BCUT2D eigenvalue weighted by molar-refractivity contribution is -0.385. The number of nitrogens with one attached hydrogen (secondary N) is 2. The Bertz CT molecular complexity index is 6230. The van der Waals surface area contributed by atoms with Crippen molar-refractivity contribution in [2.45, 2.75) is 12.4 Å². The summed E-state index contributed by atoms with van der Waals surface area (Å²) in [7, 11) is 0. The monoisotopic (exact) mass is 1710 g/mol. The second-order valence-corrected chi connectivity index (χ2v) is 25.9. The standard InChI is InChI=1S/C20H12F4N4O2S.C12H7N3O3S.2C12H9N3OS.C8H3F4NO.C6H4FNO2.C6H4N2OS/c21-15-7-1-11(20(22,23)24)9-17(15)26-19(29)25-12-2-4-13(5-3-12)30-14-6-8-16-18(10-14)28-31-27-16;16-15(17)8-1-3-9(4-2-8)18-10-5-6-11-12(7-10)14-19-13-11;2*13-8-1-3-9(4-2-8)16-10-5-6-11-12(7-10)15-17-14-11;9-6-2-1-5(8(10,11)12)3-7(6)13-4-14;7-5-1-3-6(4-2-5)8(9)10;9-4-1-2-5-6(3-4)8-10-7-5/h1-10H,(H2,25,26,29);1-7H;2*1-7H,13H2;1-3H;1-4H;1-3,9H. The maximum atomic E-state index is 13.8. The summed E-state index contributed by atoms with van der Waals surface area (Å²) in [5.74, 6) is 2.97. The summed E-state index contributed by atoms with van der Waals surface area (Å²) < 4.78 is 177. The Balaban J connectivity index is 0.000000140. The summed E-state index contributed by atoms with van der Waals surface area (Å²) in [6.07, 6.45) is -8.27. The fourth-order valence-electron chi connectivity index (χ4n) is 9.40. The molecule has 0 fully saturated rings. The van der Waals surface area contributed by atoms with Gasteiger partial charge in [-0.05, 0) is 194 Å². The normalized spacial score (nSPS) is 10.7. The first-order valence-corrected chi connectivity index (χ1v) is 36.7. The molecule has 0 unspecified atom stereocenters. The number of fused-ring (bicyclic) bond motifs is 5. The first-order chi connectivity index (χ1) is 56.6. The number of rotatable bonds is 13. The van der Waals surface area contributed by atoms with Crippen LogP contribution in [0.2, 0.25) is 0 Å². The van der Waals surface area contributed by atoms with E-state index in [1.807, 2.05) is 66.7 Å². The van der Waals surface area contributed by atoms with Crippen LogP contribution in [0, 0.1) is 37.7 Å². The molecule has 2 amide bonds. The zero-order valence-electron chi connectivity index (χ0n) is 59.1. The molecular formula is C76H48F9N17O11S5. The third-order valence-electron chi connectivity index (χ3n) is 15.0. The minimum Gasteiger partial charge on any atom is -0.508 e. The van der Waals surface area contributed by atoms with Crippen molar-refractivity contribution in [1.29, 1.82) is 0 Å². The van der Waals surface area contributed by atoms with Gasteiger partial charge in [-0.15, -0.1) is 0 Å². The van der Waals surface area contributed by atoms with Crippen LogP contribution in [0.1, 0.15) is 11.1 Å². The number of anilines is 4. The van der Waals surface area contributed by atoms with Gasteiger partial charge in [0.15, 0.2) is 0 Å². The number of carbonyl (C=O) groups excluding carboxylic acids is 2. The fourth-order valence-corrected chi connectivity index (χ4v) is 12.0. The van der Waals surface area contributed by atoms with E-state index in [0.717, 1.165) is 150 Å². The number of isocyanates is 1. The Morgan fingerprint density at radius 3 is 1.07 bits per heavy atom. The lowest BCUT2D eigenvalue weighted by atomic mass is 10.2. The number of halogens is 9. The minimum absolute atomic E-state index is 0.0338. The third kappa shape index (κ3) is 24.6. The maximum Gasteiger partial charge on any atom is 0.416 e. The zero-order chi connectivity index (χ0) is 83.9. The summed E-state index contributed by atoms with van der Waals surface area (Å²) in [6, 6.07) is 60.4. The second-order valence-electron chi connectivity index (χ2n) is 23.3. The molecule has 0 aliphatic rings. The van der Waals surface area contributed by atoms with Crippen molar-refractivity contribution in [3.8, 4) is 51.7 Å². The third-order valence-corrected chi connectivity index (χ3v) is 17.8. The summed E-state index contributed by atoms with van der Waals surface area (Å²) in [5.41, 5.74) is 17.7. The second kappa shape index (κ2) is 39.3. The predicted octanol–water partition coefficient (Wildman–Crippen LogP) is 21.8. The van der Waals surface area contributed by atoms with Gasteiger partial charge in [0.2, 0.25) is 6.08 Å². The van der Waals surface area contributed by atoms with Crippen LogP contribution in [0.3, 0.4) is 0 Å². The highest BCUT2D eigenvalue weighted by Gasteiger charge is 2.32. The van der Waals surface area contributed by atoms with Gasteiger partial charge in [0.05, 0.1) is 85.3 Å². The van der Waals surface area contributed by atoms with E-state index in [9.17, 15) is 69.3 Å². The topological polar surface area (TPSA) is 395 Å². The summed E-state index contributed by atoms with van der Waals surface area (Å²) in [6.45, 7) is 0. The average molecular weight is 1710 g/mol. The van der Waals surface area contributed by atoms with Crippen LogP contribution in [0.15, 0.2) is 254 Å². The van der Waals surface area contributed by atoms with Gasteiger partial charge >= 0.3 is 18.4 Å². The Morgan fingerprint density at radius 1 is 0.390 bits per heavy atom. The van der Waals surface area contributed by atoms with Crippen LogP contribution >= 0.6 is 58.6 Å². The van der Waals surface area contributed by atoms with Gasteiger partial charge in [-0.3, -0.25) is 20.2 Å². The van der Waals surface area contributed by atoms with Crippen LogP contribution < -0.4 is 41.0 Å². The zero-order valence-corrected chi connectivity index (χ0v) is 63.2. The lowest BCUT2D eigenvalue weighted by Crippen LogP contribution is -2.20. The summed E-state index contributed by atoms with van der Waals surface area (Å²) in [4.78, 5) is 44.1. The molecule has 17 aromatic rings. The number of aromatic hydroxyl groups is 1. The van der Waals surface area contributed by atoms with Crippen molar-refractivity contribution in [3.63, 3.8) is 0 Å². The van der Waals surface area contributed by atoms with Gasteiger partial charge in [0.25, 0.3) is 11.4 Å². The van der Waals surface area contributed by atoms with Gasteiger partial charge < -0.3 is 46.2 Å². The van der Waals surface area contributed by atoms with Gasteiger partial charge in [-0.1, -0.05) is 0 Å². The van der Waals surface area contributed by atoms with E-state index >= 15 is 0 Å². The number of carbonyl (C=O) groups is 1. The van der Waals surface area contributed by atoms with E-state index in [1.54, 1.807) is 97.1 Å². The van der Waals surface area contributed by atoms with Gasteiger partial charge in [0.1, 0.15) is 130 Å². The van der Waals surface area contributed by atoms with E-state index in [1.165, 1.54) is 47.7 Å². The smallest absolute Gasteiger partial charge is 0.416 e. The number of benzene rings is 12. The van der Waals surface area contributed by atoms with E-state index < -0.39 is 68.2 Å². The number of non-ortho nitro benzene ring substituents is 2. The van der Waals surface area contributed by atoms with Gasteiger partial charge in [-0.25, -0.2) is 22.8 Å². The van der Waals surface area contributed by atoms with Crippen molar-refractivity contribution in [1.82, 2.24) is 43.7 Å². The number of phenolic OH excluding ortho intramolecular Hbond substituents is 1. The Morgan fingerprint density at radius 2 is 0.703 bits per heavy atom. The number of aromatic nitrogens is 10. The van der Waals surface area contributed by atoms with Crippen LogP contribution in [0.4, 0.5) is 84.1 Å². The number of phenols is 1. The highest BCUT2D eigenvalue weighted by atomic mass is 32.1. The predicted molar refractivity (Wildman–Crippen MR) is 427 cm³/mol. The largest absolute Gasteiger partial charge is 0.508 e. The number of nitro groups is 2. The number of hydrogen-bond donors (Lipinski definition) is 5. The number of nitrogens with two attached hydrogens (primary N) is 2. The van der Waals surface area contributed by atoms with Crippen LogP contribution in [0.25, 0.3) is 55.2 Å². The van der Waals surface area contributed by atoms with Crippen LogP contribution in [-0.2, 0) is 17.1 Å². The van der Waals surface area contributed by atoms with Crippen molar-refractivity contribution in [3.05, 3.63) is 298 Å². The molecule has 0 aliphatic heterocycles. The molecular weight excluding hydrogens is 1660 g/mol. The molecule has 596 valence electrons. The van der Waals surface area contributed by atoms with Crippen LogP contribution in [-0.4, -0.2) is 70.8 Å². The number of aliphatic imine (C=N–C) groups is 1. The number of nitro benzene ring substituents is 2. The molecule has 7 N–H and O–H groups in total. The van der Waals surface area contributed by atoms with Crippen molar-refractivity contribution >= 4 is 166 Å². The number of nitrogen functional groups attached to an aromatic ring is 2. The molecule has 0 atom stereocenters. The minimum atomic E-state index is -4.66. The molecule has 0 saturated heterocycles. The highest BCUT2D eigenvalue weighted by molar-refractivity contribution is 7.01. The first-order valence-electron chi connectivity index (χ1n) is 33.0. The summed E-state index contributed by atoms with van der Waals surface area (Å²) in [5, 5.41) is 34.0. The average Bonchev–Trinajstić information content (AvgIpc) is 1.30. The molecule has 0 bridgehead atoms. The Hall–Kier alpha value is -14.8. The molecule has 0 aliphatic carbocycles. The molecule has 17 rings (SSSR count). The molecule has 12 aromatic carbocycles. The number of ether oxygens (including phenoxy) is 4. The number of amides is 2. The molecule has 0 radical (unpaired) electrons. The first kappa shape index (κ1) is 84.1. The van der Waals surface area contributed by atoms with E-state index in [0.29, 0.717) is 70.6 Å². The van der Waals surface area contributed by atoms with E-state index in [-0.39, 0.29) is 17.1 Å². The van der Waals surface area contributed by atoms with Crippen molar-refractivity contribution in [2.75, 3.05) is 22.1 Å². The Labute approximate surface area is 677 Å². The molecule has 0 spiro atoms. The number of nitrogens with zero attached hydrogens (tertiary/aromatic N) is 13. The molecule has 5 heterocycles. The van der Waals surface area contributed by atoms with Gasteiger partial charge in [-0.2, -0.15) is 75.1 Å². The van der Waals surface area contributed by atoms with E-state index in [2.05, 4.69) is 59.4 Å². The number of hydrogen-bond acceptors (Lipinski definition) is 29. The van der Waals surface area contributed by atoms with E-state index in [4.69, 9.17) is 35.5 Å². The van der Waals surface area contributed by atoms with Crippen LogP contribution in [0.5, 0.6) is 51.7 Å². The number of urea groups is 1. The molecule has 118 heavy (non-hydrogen) atoms. The molecule has 0 saturated carbocycles. The van der Waals surface area contributed by atoms with Gasteiger partial charge in [0, 0.05) is 71.7 Å². The SMILES string of the molecule is Nc1ccc(Oc2ccc3nsnc3c2)cc1.Nc1ccc(Oc2ccc3nsnc3c2)cc1.O=C(Nc1ccc(Oc2ccc3nsnc3c2)cc1)Nc1cc(C(F)(F)F)ccc1F.O=C=Nc1cc(C(F)(F)F)ccc1F.O=[N+]([O-])c1ccc(F)cc1.O=[N+]([O-])c1ccc(Oc2ccc3nsnc3c2)cc1.Oc1ccc2nsnc2c1. The number of alkyl halides is 6. The Kier molecular flexibility index (Phi) is 28.0. The highest BCUT2D eigenvalue weighted by Crippen LogP contribution is 2.36. The molecule has 28 nitrogen and oxygen atoms in total. The molecule has 42 heteroatoms. The molecule has 5 aromatic heterocycles. The van der Waals surface area contributed by atoms with Crippen molar-refractivity contribution in [2.24, 2.45) is 4.99 Å². The van der Waals surface area contributed by atoms with Crippen molar-refractivity contribution < 1.29 is 83.0 Å².